The summed E-state index contributed by atoms with van der Waals surface area (Å²) in [5, 5.41) is 9.97. The fourth-order valence-corrected chi connectivity index (χ4v) is 7.66. The molecule has 2 aliphatic heterocycles. The van der Waals surface area contributed by atoms with Gasteiger partial charge in [0.2, 0.25) is 5.91 Å². The standard InChI is InChI=1S/C31H30N4O5S3/c1-39-22-12-10-20(11-13-22)16-40-30(38)27-24(43-23-9-5-8-21(14-23)17-42-31(32)33)18-41-29-26(28(37)35(27)29)34-25(36)15-19-6-3-2-4-7-19/h2-14,26,29H,15-18H2,1H3,(H3,32,33)(H,34,36)/t26-,29-/m1/s1. The summed E-state index contributed by atoms with van der Waals surface area (Å²) < 4.78 is 10.9. The second-order valence-corrected chi connectivity index (χ2v) is 13.0. The first kappa shape index (κ1) is 30.6. The van der Waals surface area contributed by atoms with Crippen LogP contribution in [-0.4, -0.2) is 52.1 Å². The number of carbonyl (C=O) groups excluding carboxylic acids is 3. The lowest BCUT2D eigenvalue weighted by atomic mass is 10.0. The number of β-lactam (4-membered cyclic amide) rings is 1. The van der Waals surface area contributed by atoms with Gasteiger partial charge >= 0.3 is 5.97 Å². The first-order valence-corrected chi connectivity index (χ1v) is 16.2. The molecule has 0 radical (unpaired) electrons. The van der Waals surface area contributed by atoms with Crippen LogP contribution in [0.5, 0.6) is 5.75 Å². The van der Waals surface area contributed by atoms with E-state index in [1.165, 1.54) is 40.2 Å². The summed E-state index contributed by atoms with van der Waals surface area (Å²) in [6.45, 7) is 0.0269. The molecule has 12 heteroatoms. The summed E-state index contributed by atoms with van der Waals surface area (Å²) in [6.07, 6.45) is 0.161. The van der Waals surface area contributed by atoms with E-state index in [1.807, 2.05) is 66.7 Å². The molecule has 4 N–H and O–H groups in total. The van der Waals surface area contributed by atoms with Crippen molar-refractivity contribution in [1.82, 2.24) is 10.2 Å². The average molecular weight is 635 g/mol. The Labute approximate surface area is 262 Å². The Morgan fingerprint density at radius 1 is 1.05 bits per heavy atom. The molecule has 9 nitrogen and oxygen atoms in total. The molecule has 43 heavy (non-hydrogen) atoms. The Bertz CT molecular complexity index is 1550. The molecule has 2 amide bonds. The zero-order valence-electron chi connectivity index (χ0n) is 23.3. The number of methoxy groups -OCH3 is 1. The van der Waals surface area contributed by atoms with Gasteiger partial charge in [-0.3, -0.25) is 19.9 Å². The summed E-state index contributed by atoms with van der Waals surface area (Å²) in [5.41, 5.74) is 8.32. The molecule has 5 rings (SSSR count). The molecule has 3 aromatic rings. The van der Waals surface area contributed by atoms with Crippen molar-refractivity contribution in [2.45, 2.75) is 35.1 Å². The van der Waals surface area contributed by atoms with Crippen LogP contribution in [0.4, 0.5) is 0 Å². The number of ether oxygens (including phenoxy) is 2. The Hall–Kier alpha value is -3.87. The number of hydrogen-bond donors (Lipinski definition) is 3. The molecule has 2 heterocycles. The maximum absolute atomic E-state index is 13.6. The van der Waals surface area contributed by atoms with Crippen LogP contribution in [0, 0.1) is 5.41 Å². The molecule has 0 aromatic heterocycles. The summed E-state index contributed by atoms with van der Waals surface area (Å²) in [6, 6.07) is 23.6. The van der Waals surface area contributed by atoms with Crippen LogP contribution in [-0.2, 0) is 37.9 Å². The summed E-state index contributed by atoms with van der Waals surface area (Å²) >= 11 is 4.13. The van der Waals surface area contributed by atoms with Crippen LogP contribution in [0.15, 0.2) is 94.4 Å². The van der Waals surface area contributed by atoms with Gasteiger partial charge in [-0.25, -0.2) is 4.79 Å². The van der Waals surface area contributed by atoms with Gasteiger partial charge in [0, 0.05) is 21.3 Å². The molecule has 2 atom stereocenters. The predicted octanol–water partition coefficient (Wildman–Crippen LogP) is 4.51. The minimum Gasteiger partial charge on any atom is -0.497 e. The Morgan fingerprint density at radius 2 is 1.79 bits per heavy atom. The van der Waals surface area contributed by atoms with Gasteiger partial charge in [-0.2, -0.15) is 0 Å². The van der Waals surface area contributed by atoms with Gasteiger partial charge in [0.25, 0.3) is 5.91 Å². The molecule has 0 spiro atoms. The fourth-order valence-electron chi connectivity index (χ4n) is 4.61. The van der Waals surface area contributed by atoms with E-state index in [2.05, 4.69) is 5.32 Å². The molecule has 222 valence electrons. The Morgan fingerprint density at radius 3 is 2.51 bits per heavy atom. The highest BCUT2D eigenvalue weighted by molar-refractivity contribution is 8.13. The SMILES string of the molecule is COc1ccc(COC(=O)C2=C(Sc3cccc(CSC(=N)N)c3)CS[C@@H]3[C@H](NC(=O)Cc4ccccc4)C(=O)N23)cc1. The van der Waals surface area contributed by atoms with Gasteiger partial charge in [-0.15, -0.1) is 11.8 Å². The van der Waals surface area contributed by atoms with E-state index in [0.29, 0.717) is 22.2 Å². The van der Waals surface area contributed by atoms with E-state index < -0.39 is 17.4 Å². The lowest BCUT2D eigenvalue weighted by Gasteiger charge is -2.49. The van der Waals surface area contributed by atoms with Gasteiger partial charge < -0.3 is 20.5 Å². The van der Waals surface area contributed by atoms with Crippen LogP contribution >= 0.6 is 35.3 Å². The van der Waals surface area contributed by atoms with Crippen molar-refractivity contribution < 1.29 is 23.9 Å². The number of amidine groups is 1. The monoisotopic (exact) mass is 634 g/mol. The highest BCUT2D eigenvalue weighted by atomic mass is 32.2. The fraction of sp³-hybridized carbons (Fsp3) is 0.226. The van der Waals surface area contributed by atoms with E-state index >= 15 is 0 Å². The number of fused-ring (bicyclic) bond motifs is 1. The van der Waals surface area contributed by atoms with E-state index in [0.717, 1.165) is 21.6 Å². The number of carbonyl (C=O) groups is 3. The third-order valence-corrected chi connectivity index (χ3v) is 10.0. The number of thioether (sulfide) groups is 3. The largest absolute Gasteiger partial charge is 0.497 e. The van der Waals surface area contributed by atoms with Gasteiger partial charge in [0.1, 0.15) is 29.5 Å². The van der Waals surface area contributed by atoms with E-state index in [4.69, 9.17) is 20.6 Å². The second kappa shape index (κ2) is 14.1. The van der Waals surface area contributed by atoms with Crippen LogP contribution in [0.25, 0.3) is 0 Å². The van der Waals surface area contributed by atoms with Crippen molar-refractivity contribution in [3.63, 3.8) is 0 Å². The number of esters is 1. The Kier molecular flexibility index (Phi) is 10.0. The molecule has 1 fully saturated rings. The minimum atomic E-state index is -0.732. The van der Waals surface area contributed by atoms with Crippen molar-refractivity contribution in [3.8, 4) is 5.75 Å². The average Bonchev–Trinajstić information content (AvgIpc) is 3.02. The molecule has 0 unspecified atom stereocenters. The lowest BCUT2D eigenvalue weighted by Crippen LogP contribution is -2.70. The number of nitrogens with zero attached hydrogens (tertiary/aromatic N) is 1. The van der Waals surface area contributed by atoms with E-state index in [9.17, 15) is 14.4 Å². The zero-order chi connectivity index (χ0) is 30.3. The van der Waals surface area contributed by atoms with Crippen molar-refractivity contribution in [2.24, 2.45) is 5.73 Å². The lowest BCUT2D eigenvalue weighted by molar-refractivity contribution is -0.153. The van der Waals surface area contributed by atoms with Crippen LogP contribution in [0.1, 0.15) is 16.7 Å². The topological polar surface area (TPSA) is 135 Å². The summed E-state index contributed by atoms with van der Waals surface area (Å²) in [5.74, 6) is 0.500. The van der Waals surface area contributed by atoms with Crippen LogP contribution in [0.3, 0.4) is 0 Å². The normalized spacial score (nSPS) is 17.5. The molecule has 0 saturated carbocycles. The number of nitrogens with two attached hydrogens (primary N) is 1. The first-order valence-electron chi connectivity index (χ1n) is 13.4. The molecule has 0 bridgehead atoms. The number of benzene rings is 3. The summed E-state index contributed by atoms with van der Waals surface area (Å²) in [7, 11) is 1.58. The quantitative estimate of drug-likeness (QED) is 0.121. The third-order valence-electron chi connectivity index (χ3n) is 6.71. The highest BCUT2D eigenvalue weighted by Crippen LogP contribution is 2.45. The smallest absolute Gasteiger partial charge is 0.356 e. The molecule has 2 aliphatic rings. The van der Waals surface area contributed by atoms with Crippen molar-refractivity contribution in [1.29, 1.82) is 5.41 Å². The van der Waals surface area contributed by atoms with Gasteiger partial charge in [-0.05, 0) is 41.0 Å². The zero-order valence-corrected chi connectivity index (χ0v) is 25.7. The molecule has 0 aliphatic carbocycles. The Balaban J connectivity index is 1.35. The predicted molar refractivity (Wildman–Crippen MR) is 170 cm³/mol. The van der Waals surface area contributed by atoms with Gasteiger partial charge in [0.05, 0.1) is 13.5 Å². The first-order chi connectivity index (χ1) is 20.8. The number of amides is 2. The molecular weight excluding hydrogens is 605 g/mol. The molecule has 1 saturated heterocycles. The summed E-state index contributed by atoms with van der Waals surface area (Å²) in [4.78, 5) is 42.8. The van der Waals surface area contributed by atoms with Crippen molar-refractivity contribution in [3.05, 3.63) is 106 Å². The minimum absolute atomic E-state index is 0.0269. The molecular formula is C31H30N4O5S3. The van der Waals surface area contributed by atoms with E-state index in [1.54, 1.807) is 19.2 Å². The maximum Gasteiger partial charge on any atom is 0.356 e. The molecule has 3 aromatic carbocycles. The van der Waals surface area contributed by atoms with Crippen molar-refractivity contribution >= 4 is 58.2 Å². The number of nitrogens with one attached hydrogen (secondary N) is 2. The number of rotatable bonds is 11. The van der Waals surface area contributed by atoms with Gasteiger partial charge in [-0.1, -0.05) is 78.1 Å². The van der Waals surface area contributed by atoms with E-state index in [-0.39, 0.29) is 35.7 Å². The second-order valence-electron chi connectivity index (χ2n) is 9.72. The third kappa shape index (κ3) is 7.56. The number of hydrogen-bond acceptors (Lipinski definition) is 9. The highest BCUT2D eigenvalue weighted by Gasteiger charge is 2.54. The van der Waals surface area contributed by atoms with Crippen molar-refractivity contribution in [2.75, 3.05) is 12.9 Å². The van der Waals surface area contributed by atoms with Gasteiger partial charge in [0.15, 0.2) is 5.17 Å². The maximum atomic E-state index is 13.6. The van der Waals surface area contributed by atoms with Crippen LogP contribution in [0.2, 0.25) is 0 Å². The van der Waals surface area contributed by atoms with Crippen LogP contribution < -0.4 is 15.8 Å².